The first-order valence-corrected chi connectivity index (χ1v) is 13.7. The number of carbonyl (C=O) groups excluding carboxylic acids is 3. The molecule has 1 N–H and O–H groups in total. The number of methoxy groups -OCH3 is 1. The Balaban J connectivity index is 1.38. The van der Waals surface area contributed by atoms with E-state index in [0.717, 1.165) is 39.9 Å². The number of carbonyl (C=O) groups is 3. The zero-order valence-electron chi connectivity index (χ0n) is 21.8. The van der Waals surface area contributed by atoms with Crippen LogP contribution in [0, 0.1) is 13.8 Å². The molecule has 3 aromatic carbocycles. The van der Waals surface area contributed by atoms with Gasteiger partial charge in [-0.05, 0) is 55.2 Å². The highest BCUT2D eigenvalue weighted by Crippen LogP contribution is 2.44. The summed E-state index contributed by atoms with van der Waals surface area (Å²) in [7, 11) is 1.61. The molecule has 0 spiro atoms. The number of nitrogens with one attached hydrogen (secondary N) is 1. The second kappa shape index (κ2) is 11.0. The number of hydrogen-bond donors (Lipinski definition) is 1. The van der Waals surface area contributed by atoms with Gasteiger partial charge in [0, 0.05) is 17.8 Å². The van der Waals surface area contributed by atoms with Crippen molar-refractivity contribution in [3.05, 3.63) is 93.9 Å². The van der Waals surface area contributed by atoms with Crippen molar-refractivity contribution in [2.45, 2.75) is 20.3 Å². The highest BCUT2D eigenvalue weighted by molar-refractivity contribution is 8.26. The minimum Gasteiger partial charge on any atom is -0.497 e. The lowest BCUT2D eigenvalue weighted by Crippen LogP contribution is -2.36. The van der Waals surface area contributed by atoms with Crippen molar-refractivity contribution >= 4 is 63.0 Å². The van der Waals surface area contributed by atoms with Gasteiger partial charge in [0.1, 0.15) is 16.6 Å². The van der Waals surface area contributed by atoms with E-state index in [1.54, 1.807) is 24.1 Å². The number of anilines is 2. The van der Waals surface area contributed by atoms with Gasteiger partial charge in [-0.3, -0.25) is 24.2 Å². The molecular weight excluding hydrogens is 530 g/mol. The molecule has 198 valence electrons. The van der Waals surface area contributed by atoms with E-state index in [2.05, 4.69) is 5.32 Å². The average molecular weight is 558 g/mol. The van der Waals surface area contributed by atoms with Crippen molar-refractivity contribution in [1.29, 1.82) is 0 Å². The topological polar surface area (TPSA) is 79.0 Å². The van der Waals surface area contributed by atoms with E-state index in [-0.39, 0.29) is 29.8 Å². The number of hydrogen-bond acceptors (Lipinski definition) is 6. The largest absolute Gasteiger partial charge is 0.497 e. The minimum atomic E-state index is -0.386. The van der Waals surface area contributed by atoms with E-state index >= 15 is 0 Å². The number of fused-ring (bicyclic) bond motifs is 1. The maximum atomic E-state index is 13.7. The summed E-state index contributed by atoms with van der Waals surface area (Å²) in [5.41, 5.74) is 5.16. The second-order valence-corrected chi connectivity index (χ2v) is 11.0. The number of thiocarbonyl (C=S) groups is 1. The number of amides is 3. The van der Waals surface area contributed by atoms with Gasteiger partial charge < -0.3 is 10.1 Å². The predicted octanol–water partition coefficient (Wildman–Crippen LogP) is 5.11. The van der Waals surface area contributed by atoms with Gasteiger partial charge in [0.15, 0.2) is 0 Å². The number of para-hydroxylation sites is 2. The summed E-state index contributed by atoms with van der Waals surface area (Å²) in [4.78, 5) is 43.6. The van der Waals surface area contributed by atoms with Gasteiger partial charge in [0.2, 0.25) is 5.91 Å². The van der Waals surface area contributed by atoms with Crippen molar-refractivity contribution < 1.29 is 19.1 Å². The van der Waals surface area contributed by atoms with Crippen LogP contribution < -0.4 is 15.0 Å². The first-order chi connectivity index (χ1) is 18.8. The van der Waals surface area contributed by atoms with Crippen LogP contribution in [0.25, 0.3) is 5.57 Å². The molecule has 7 nitrogen and oxygen atoms in total. The molecule has 5 rings (SSSR count). The zero-order chi connectivity index (χ0) is 27.7. The van der Waals surface area contributed by atoms with Crippen LogP contribution in [0.5, 0.6) is 5.75 Å². The molecule has 0 bridgehead atoms. The summed E-state index contributed by atoms with van der Waals surface area (Å²) in [5, 5.41) is 2.95. The number of aryl methyl sites for hydroxylation is 2. The lowest BCUT2D eigenvalue weighted by molar-refractivity contribution is -0.122. The Hall–Kier alpha value is -3.95. The third-order valence-electron chi connectivity index (χ3n) is 6.83. The van der Waals surface area contributed by atoms with E-state index in [0.29, 0.717) is 33.4 Å². The molecule has 0 saturated carbocycles. The molecular formula is C30H27N3O4S2. The quantitative estimate of drug-likeness (QED) is 0.321. The van der Waals surface area contributed by atoms with Crippen LogP contribution in [-0.4, -0.2) is 47.1 Å². The lowest BCUT2D eigenvalue weighted by Gasteiger charge is -2.18. The van der Waals surface area contributed by atoms with E-state index in [1.807, 2.05) is 68.4 Å². The number of thioether (sulfide) groups is 1. The van der Waals surface area contributed by atoms with Crippen molar-refractivity contribution in [2.75, 3.05) is 30.4 Å². The van der Waals surface area contributed by atoms with Gasteiger partial charge in [0.25, 0.3) is 11.8 Å². The normalized spacial score (nSPS) is 16.6. The second-order valence-electron chi connectivity index (χ2n) is 9.35. The molecule has 0 radical (unpaired) electrons. The summed E-state index contributed by atoms with van der Waals surface area (Å²) >= 11 is 6.68. The lowest BCUT2D eigenvalue weighted by atomic mass is 10.1. The van der Waals surface area contributed by atoms with Gasteiger partial charge in [-0.25, -0.2) is 0 Å². The summed E-state index contributed by atoms with van der Waals surface area (Å²) in [6, 6.07) is 20.7. The Labute approximate surface area is 236 Å². The SMILES string of the molecule is COc1ccc(CCN2C(=O)/C(=C3/C(=O)N(CC(=O)Nc4c(C)cccc4C)c4ccccc43)SC2=S)cc1. The molecule has 1 fully saturated rings. The Bertz CT molecular complexity index is 1510. The summed E-state index contributed by atoms with van der Waals surface area (Å²) in [5.74, 6) is -0.231. The van der Waals surface area contributed by atoms with Crippen LogP contribution in [0.2, 0.25) is 0 Å². The fourth-order valence-electron chi connectivity index (χ4n) is 4.77. The van der Waals surface area contributed by atoms with Crippen LogP contribution in [-0.2, 0) is 20.8 Å². The number of nitrogens with zero attached hydrogens (tertiary/aromatic N) is 2. The molecule has 2 heterocycles. The molecule has 3 aromatic rings. The Morgan fingerprint density at radius 2 is 1.62 bits per heavy atom. The van der Waals surface area contributed by atoms with E-state index in [9.17, 15) is 14.4 Å². The molecule has 2 aliphatic rings. The molecule has 1 saturated heterocycles. The monoisotopic (exact) mass is 557 g/mol. The maximum Gasteiger partial charge on any atom is 0.267 e. The highest BCUT2D eigenvalue weighted by atomic mass is 32.2. The fraction of sp³-hybridized carbons (Fsp3) is 0.200. The molecule has 3 amide bonds. The highest BCUT2D eigenvalue weighted by Gasteiger charge is 2.42. The molecule has 9 heteroatoms. The summed E-state index contributed by atoms with van der Waals surface area (Å²) in [6.45, 7) is 4.07. The van der Waals surface area contributed by atoms with Crippen LogP contribution in [0.15, 0.2) is 71.6 Å². The molecule has 0 aromatic heterocycles. The Morgan fingerprint density at radius 1 is 0.923 bits per heavy atom. The van der Waals surface area contributed by atoms with E-state index in [1.165, 1.54) is 4.90 Å². The van der Waals surface area contributed by atoms with Gasteiger partial charge >= 0.3 is 0 Å². The number of benzene rings is 3. The first-order valence-electron chi connectivity index (χ1n) is 12.5. The third kappa shape index (κ3) is 5.20. The van der Waals surface area contributed by atoms with Crippen LogP contribution in [0.4, 0.5) is 11.4 Å². The molecule has 0 aliphatic carbocycles. The van der Waals surface area contributed by atoms with Crippen molar-refractivity contribution in [3.8, 4) is 5.75 Å². The average Bonchev–Trinajstić information content (AvgIpc) is 3.36. The van der Waals surface area contributed by atoms with Crippen molar-refractivity contribution in [3.63, 3.8) is 0 Å². The van der Waals surface area contributed by atoms with Gasteiger partial charge in [0.05, 0.1) is 23.3 Å². The van der Waals surface area contributed by atoms with Crippen LogP contribution in [0.3, 0.4) is 0 Å². The van der Waals surface area contributed by atoms with E-state index < -0.39 is 0 Å². The standard InChI is InChI=1S/C30H27N3O4S2/c1-18-7-6-8-19(2)26(18)31-24(34)17-33-23-10-5-4-9-22(23)25(28(33)35)27-29(36)32(30(38)39-27)16-15-20-11-13-21(37-3)14-12-20/h4-14H,15-17H2,1-3H3,(H,31,34)/b27-25-. The maximum absolute atomic E-state index is 13.7. The zero-order valence-corrected chi connectivity index (χ0v) is 23.4. The smallest absolute Gasteiger partial charge is 0.267 e. The van der Waals surface area contributed by atoms with Gasteiger partial charge in [-0.2, -0.15) is 0 Å². The Morgan fingerprint density at radius 3 is 2.31 bits per heavy atom. The van der Waals surface area contributed by atoms with Gasteiger partial charge in [-0.1, -0.05) is 72.5 Å². The third-order valence-corrected chi connectivity index (χ3v) is 8.28. The number of ether oxygens (including phenoxy) is 1. The molecule has 0 atom stereocenters. The Kier molecular flexibility index (Phi) is 7.54. The summed E-state index contributed by atoms with van der Waals surface area (Å²) < 4.78 is 5.62. The number of rotatable bonds is 7. The fourth-order valence-corrected chi connectivity index (χ4v) is 6.15. The molecule has 2 aliphatic heterocycles. The van der Waals surface area contributed by atoms with Gasteiger partial charge in [-0.15, -0.1) is 0 Å². The van der Waals surface area contributed by atoms with Crippen LogP contribution in [0.1, 0.15) is 22.3 Å². The van der Waals surface area contributed by atoms with Crippen molar-refractivity contribution in [1.82, 2.24) is 4.90 Å². The van der Waals surface area contributed by atoms with Crippen LogP contribution >= 0.6 is 24.0 Å². The van der Waals surface area contributed by atoms with Crippen molar-refractivity contribution in [2.24, 2.45) is 0 Å². The molecule has 39 heavy (non-hydrogen) atoms. The summed E-state index contributed by atoms with van der Waals surface area (Å²) in [6.07, 6.45) is 0.605. The first kappa shape index (κ1) is 26.6. The minimum absolute atomic E-state index is 0.176. The molecule has 0 unspecified atom stereocenters. The van der Waals surface area contributed by atoms with E-state index in [4.69, 9.17) is 17.0 Å². The predicted molar refractivity (Wildman–Crippen MR) is 159 cm³/mol.